The number of halogens is 4. The highest BCUT2D eigenvalue weighted by Gasteiger charge is 2.11. The first kappa shape index (κ1) is 14.8. The van der Waals surface area contributed by atoms with Gasteiger partial charge in [-0.25, -0.2) is 14.2 Å². The number of pyridine rings is 1. The molecule has 1 aromatic heterocycles. The van der Waals surface area contributed by atoms with Crippen molar-refractivity contribution in [2.24, 2.45) is 0 Å². The number of hydrogen-bond donors (Lipinski definition) is 2. The van der Waals surface area contributed by atoms with E-state index in [-0.39, 0.29) is 26.4 Å². The van der Waals surface area contributed by atoms with E-state index in [2.05, 4.69) is 10.3 Å². The Bertz CT molecular complexity index is 671. The van der Waals surface area contributed by atoms with Crippen molar-refractivity contribution in [3.05, 3.63) is 50.8 Å². The van der Waals surface area contributed by atoms with E-state index in [1.807, 2.05) is 0 Å². The number of benzene rings is 1. The first-order chi connectivity index (χ1) is 9.38. The van der Waals surface area contributed by atoms with Crippen molar-refractivity contribution in [1.29, 1.82) is 0 Å². The summed E-state index contributed by atoms with van der Waals surface area (Å²) in [5.41, 5.74) is 0.328. The Morgan fingerprint density at radius 3 is 2.25 bits per heavy atom. The van der Waals surface area contributed by atoms with Crippen LogP contribution in [0.25, 0.3) is 0 Å². The average molecular weight is 336 g/mol. The molecule has 0 radical (unpaired) electrons. The van der Waals surface area contributed by atoms with Gasteiger partial charge in [-0.3, -0.25) is 0 Å². The molecule has 0 spiro atoms. The van der Waals surface area contributed by atoms with Gasteiger partial charge in [0, 0.05) is 11.9 Å². The lowest BCUT2D eigenvalue weighted by Crippen LogP contribution is -2.00. The first-order valence-corrected chi connectivity index (χ1v) is 6.32. The van der Waals surface area contributed by atoms with Crippen LogP contribution in [0.2, 0.25) is 15.1 Å². The molecule has 0 unspecified atom stereocenters. The predicted molar refractivity (Wildman–Crippen MR) is 75.9 cm³/mol. The number of aromatic carboxylic acids is 1. The summed E-state index contributed by atoms with van der Waals surface area (Å²) in [4.78, 5) is 14.6. The van der Waals surface area contributed by atoms with Crippen LogP contribution in [-0.2, 0) is 0 Å². The maximum atomic E-state index is 13.3. The van der Waals surface area contributed by atoms with E-state index in [1.165, 1.54) is 18.2 Å². The second-order valence-corrected chi connectivity index (χ2v) is 4.96. The van der Waals surface area contributed by atoms with Gasteiger partial charge in [0.15, 0.2) is 5.82 Å². The molecule has 0 amide bonds. The van der Waals surface area contributed by atoms with Crippen LogP contribution < -0.4 is 5.32 Å². The quantitative estimate of drug-likeness (QED) is 0.803. The van der Waals surface area contributed by atoms with E-state index in [0.717, 1.165) is 6.20 Å². The molecule has 0 atom stereocenters. The Labute approximate surface area is 128 Å². The van der Waals surface area contributed by atoms with Gasteiger partial charge in [-0.15, -0.1) is 0 Å². The number of hydrogen-bond acceptors (Lipinski definition) is 3. The largest absolute Gasteiger partial charge is 0.478 e. The van der Waals surface area contributed by atoms with Gasteiger partial charge in [0.25, 0.3) is 0 Å². The Morgan fingerprint density at radius 1 is 1.15 bits per heavy atom. The lowest BCUT2D eigenvalue weighted by molar-refractivity contribution is 0.0696. The Kier molecular flexibility index (Phi) is 4.32. The molecule has 1 heterocycles. The van der Waals surface area contributed by atoms with E-state index in [9.17, 15) is 9.18 Å². The molecule has 0 aliphatic rings. The normalized spacial score (nSPS) is 10.4. The van der Waals surface area contributed by atoms with Gasteiger partial charge in [-0.2, -0.15) is 0 Å². The standard InChI is InChI=1S/C12H6Cl3FN2O2/c13-7-2-6(3-8(14)10(7)16)18-11-9(15)1-5(4-17-11)12(19)20/h1-4H,(H,17,18)(H,19,20). The molecule has 0 fully saturated rings. The zero-order chi connectivity index (χ0) is 14.9. The third-order valence-corrected chi connectivity index (χ3v) is 3.17. The molecule has 2 rings (SSSR count). The molecular formula is C12H6Cl3FN2O2. The summed E-state index contributed by atoms with van der Waals surface area (Å²) in [5.74, 6) is -1.66. The SMILES string of the molecule is O=C(O)c1cnc(Nc2cc(Cl)c(F)c(Cl)c2)c(Cl)c1. The lowest BCUT2D eigenvalue weighted by Gasteiger charge is -2.09. The molecule has 0 aliphatic heterocycles. The van der Waals surface area contributed by atoms with Gasteiger partial charge in [0.2, 0.25) is 0 Å². The second-order valence-electron chi connectivity index (χ2n) is 3.74. The number of carbonyl (C=O) groups is 1. The minimum Gasteiger partial charge on any atom is -0.478 e. The molecule has 2 aromatic rings. The Hall–Kier alpha value is -1.56. The number of carboxylic acid groups (broad SMARTS) is 1. The predicted octanol–water partition coefficient (Wildman–Crippen LogP) is 4.62. The highest BCUT2D eigenvalue weighted by molar-refractivity contribution is 6.35. The van der Waals surface area contributed by atoms with Crippen LogP contribution in [0.4, 0.5) is 15.9 Å². The van der Waals surface area contributed by atoms with Gasteiger partial charge in [0.1, 0.15) is 5.82 Å². The van der Waals surface area contributed by atoms with E-state index < -0.39 is 11.8 Å². The summed E-state index contributed by atoms with van der Waals surface area (Å²) in [6, 6.07) is 3.86. The van der Waals surface area contributed by atoms with E-state index in [4.69, 9.17) is 39.9 Å². The Balaban J connectivity index is 2.33. The summed E-state index contributed by atoms with van der Waals surface area (Å²) in [7, 11) is 0. The molecule has 0 bridgehead atoms. The Morgan fingerprint density at radius 2 is 1.75 bits per heavy atom. The minimum atomic E-state index is -1.14. The molecule has 1 aromatic carbocycles. The van der Waals surface area contributed by atoms with Gasteiger partial charge in [-0.05, 0) is 18.2 Å². The second kappa shape index (κ2) is 5.83. The number of anilines is 2. The van der Waals surface area contributed by atoms with Gasteiger partial charge in [-0.1, -0.05) is 34.8 Å². The zero-order valence-electron chi connectivity index (χ0n) is 9.62. The molecule has 20 heavy (non-hydrogen) atoms. The first-order valence-electron chi connectivity index (χ1n) is 5.19. The van der Waals surface area contributed by atoms with Gasteiger partial charge in [0.05, 0.1) is 20.6 Å². The van der Waals surface area contributed by atoms with Crippen LogP contribution in [0.3, 0.4) is 0 Å². The van der Waals surface area contributed by atoms with Crippen molar-refractivity contribution < 1.29 is 14.3 Å². The summed E-state index contributed by atoms with van der Waals surface area (Å²) in [5, 5.41) is 11.4. The van der Waals surface area contributed by atoms with Crippen LogP contribution in [0.1, 0.15) is 10.4 Å². The van der Waals surface area contributed by atoms with Crippen LogP contribution in [-0.4, -0.2) is 16.1 Å². The van der Waals surface area contributed by atoms with E-state index in [1.54, 1.807) is 0 Å². The number of nitrogens with one attached hydrogen (secondary N) is 1. The number of nitrogens with zero attached hydrogens (tertiary/aromatic N) is 1. The lowest BCUT2D eigenvalue weighted by atomic mass is 10.2. The van der Waals surface area contributed by atoms with Crippen molar-refractivity contribution in [1.82, 2.24) is 4.98 Å². The van der Waals surface area contributed by atoms with Crippen molar-refractivity contribution in [2.75, 3.05) is 5.32 Å². The molecule has 4 nitrogen and oxygen atoms in total. The molecule has 2 N–H and O–H groups in total. The van der Waals surface area contributed by atoms with E-state index >= 15 is 0 Å². The van der Waals surface area contributed by atoms with Crippen molar-refractivity contribution >= 4 is 52.3 Å². The minimum absolute atomic E-state index is 0.0456. The van der Waals surface area contributed by atoms with Crippen molar-refractivity contribution in [3.63, 3.8) is 0 Å². The fourth-order valence-corrected chi connectivity index (χ4v) is 2.11. The number of carboxylic acids is 1. The molecule has 8 heteroatoms. The summed E-state index contributed by atoms with van der Waals surface area (Å²) in [6.07, 6.45) is 1.14. The third-order valence-electron chi connectivity index (χ3n) is 2.33. The number of rotatable bonds is 3. The molecule has 0 saturated heterocycles. The summed E-state index contributed by atoms with van der Waals surface area (Å²) >= 11 is 17.2. The third kappa shape index (κ3) is 3.12. The van der Waals surface area contributed by atoms with Crippen LogP contribution in [0.5, 0.6) is 0 Å². The highest BCUT2D eigenvalue weighted by atomic mass is 35.5. The highest BCUT2D eigenvalue weighted by Crippen LogP contribution is 2.30. The average Bonchev–Trinajstić information content (AvgIpc) is 2.38. The van der Waals surface area contributed by atoms with Crippen molar-refractivity contribution in [2.45, 2.75) is 0 Å². The smallest absolute Gasteiger partial charge is 0.337 e. The molecule has 0 aliphatic carbocycles. The van der Waals surface area contributed by atoms with Crippen LogP contribution in [0, 0.1) is 5.82 Å². The number of aromatic nitrogens is 1. The van der Waals surface area contributed by atoms with Crippen LogP contribution >= 0.6 is 34.8 Å². The fourth-order valence-electron chi connectivity index (χ4n) is 1.41. The zero-order valence-corrected chi connectivity index (χ0v) is 11.9. The molecule has 104 valence electrons. The molecule has 0 saturated carbocycles. The summed E-state index contributed by atoms with van der Waals surface area (Å²) < 4.78 is 13.3. The van der Waals surface area contributed by atoms with E-state index in [0.29, 0.717) is 5.69 Å². The van der Waals surface area contributed by atoms with Gasteiger partial charge >= 0.3 is 5.97 Å². The monoisotopic (exact) mass is 334 g/mol. The maximum Gasteiger partial charge on any atom is 0.337 e. The summed E-state index contributed by atoms with van der Waals surface area (Å²) in [6.45, 7) is 0. The maximum absolute atomic E-state index is 13.3. The molecular weight excluding hydrogens is 330 g/mol. The van der Waals surface area contributed by atoms with Gasteiger partial charge < -0.3 is 10.4 Å². The topological polar surface area (TPSA) is 62.2 Å². The fraction of sp³-hybridized carbons (Fsp3) is 0. The van der Waals surface area contributed by atoms with Crippen LogP contribution in [0.15, 0.2) is 24.4 Å². The van der Waals surface area contributed by atoms with Crippen molar-refractivity contribution in [3.8, 4) is 0 Å².